The van der Waals surface area contributed by atoms with Crippen LogP contribution in [0.4, 0.5) is 0 Å². The molecule has 0 aromatic carbocycles. The molecular formula is C13H27N3O2. The van der Waals surface area contributed by atoms with Crippen molar-refractivity contribution in [1.82, 2.24) is 4.90 Å². The molecule has 5 nitrogen and oxygen atoms in total. The molecule has 1 rings (SSSR count). The van der Waals surface area contributed by atoms with E-state index in [9.17, 15) is 0 Å². The first-order chi connectivity index (χ1) is 8.40. The predicted octanol–water partition coefficient (Wildman–Crippen LogP) is 1.65. The second kappa shape index (κ2) is 6.38. The van der Waals surface area contributed by atoms with E-state index in [1.807, 2.05) is 13.8 Å². The monoisotopic (exact) mass is 257 g/mol. The van der Waals surface area contributed by atoms with Gasteiger partial charge in [-0.1, -0.05) is 25.9 Å². The highest BCUT2D eigenvalue weighted by Crippen LogP contribution is 2.23. The summed E-state index contributed by atoms with van der Waals surface area (Å²) in [5.41, 5.74) is 5.45. The van der Waals surface area contributed by atoms with Crippen molar-refractivity contribution < 1.29 is 9.94 Å². The molecule has 5 heteroatoms. The number of ether oxygens (including phenoxy) is 1. The first kappa shape index (κ1) is 15.2. The van der Waals surface area contributed by atoms with Crippen molar-refractivity contribution in [3.05, 3.63) is 0 Å². The van der Waals surface area contributed by atoms with Crippen LogP contribution in [0.1, 0.15) is 40.5 Å². The number of oxime groups is 1. The molecule has 1 saturated heterocycles. The van der Waals surface area contributed by atoms with Gasteiger partial charge in [-0.15, -0.1) is 0 Å². The van der Waals surface area contributed by atoms with Crippen molar-refractivity contribution in [3.63, 3.8) is 0 Å². The van der Waals surface area contributed by atoms with Gasteiger partial charge >= 0.3 is 0 Å². The van der Waals surface area contributed by atoms with Gasteiger partial charge in [0.15, 0.2) is 0 Å². The number of nitrogens with two attached hydrogens (primary N) is 1. The Kier molecular flexibility index (Phi) is 5.41. The molecule has 106 valence electrons. The Morgan fingerprint density at radius 1 is 1.56 bits per heavy atom. The fourth-order valence-electron chi connectivity index (χ4n) is 2.25. The summed E-state index contributed by atoms with van der Waals surface area (Å²) in [5, 5.41) is 11.9. The van der Waals surface area contributed by atoms with Gasteiger partial charge in [0.1, 0.15) is 5.84 Å². The van der Waals surface area contributed by atoms with Crippen molar-refractivity contribution in [2.24, 2.45) is 16.3 Å². The Morgan fingerprint density at radius 2 is 2.22 bits per heavy atom. The van der Waals surface area contributed by atoms with Crippen LogP contribution >= 0.6 is 0 Å². The number of nitrogens with zero attached hydrogens (tertiary/aromatic N) is 2. The van der Waals surface area contributed by atoms with Gasteiger partial charge in [0, 0.05) is 18.0 Å². The van der Waals surface area contributed by atoms with Crippen LogP contribution in [-0.4, -0.2) is 47.8 Å². The van der Waals surface area contributed by atoms with E-state index < -0.39 is 0 Å². The number of hydrogen-bond donors (Lipinski definition) is 2. The standard InChI is InChI=1S/C13H27N3O2/c1-5-11-9-18-10(2)8-16(11)7-6-13(3,4)12(14)15-17/h10-11,17H,5-9H2,1-4H3,(H2,14,15). The highest BCUT2D eigenvalue weighted by Gasteiger charge is 2.29. The number of morpholine rings is 1. The lowest BCUT2D eigenvalue weighted by Crippen LogP contribution is -2.50. The smallest absolute Gasteiger partial charge is 0.144 e. The zero-order valence-electron chi connectivity index (χ0n) is 12.0. The first-order valence-corrected chi connectivity index (χ1v) is 6.74. The summed E-state index contributed by atoms with van der Waals surface area (Å²) in [5.74, 6) is 0.303. The maximum atomic E-state index is 8.78. The highest BCUT2D eigenvalue weighted by molar-refractivity contribution is 5.85. The maximum Gasteiger partial charge on any atom is 0.144 e. The normalized spacial score (nSPS) is 27.4. The molecule has 0 spiro atoms. The molecule has 2 unspecified atom stereocenters. The zero-order valence-corrected chi connectivity index (χ0v) is 12.0. The minimum absolute atomic E-state index is 0.269. The Labute approximate surface area is 110 Å². The summed E-state index contributed by atoms with van der Waals surface area (Å²) in [7, 11) is 0. The van der Waals surface area contributed by atoms with E-state index in [2.05, 4.69) is 23.9 Å². The fraction of sp³-hybridized carbons (Fsp3) is 0.923. The van der Waals surface area contributed by atoms with Gasteiger partial charge in [-0.05, 0) is 26.3 Å². The molecule has 1 aliphatic rings. The Morgan fingerprint density at radius 3 is 2.78 bits per heavy atom. The summed E-state index contributed by atoms with van der Waals surface area (Å²) in [6.07, 6.45) is 2.27. The Bertz CT molecular complexity index is 292. The molecule has 0 radical (unpaired) electrons. The van der Waals surface area contributed by atoms with E-state index in [4.69, 9.17) is 15.7 Å². The third-order valence-corrected chi connectivity index (χ3v) is 3.88. The molecule has 0 bridgehead atoms. The molecule has 0 aromatic rings. The third-order valence-electron chi connectivity index (χ3n) is 3.88. The summed E-state index contributed by atoms with van der Waals surface area (Å²) in [6, 6.07) is 0.490. The summed E-state index contributed by atoms with van der Waals surface area (Å²) >= 11 is 0. The van der Waals surface area contributed by atoms with Crippen molar-refractivity contribution in [2.45, 2.75) is 52.7 Å². The lowest BCUT2D eigenvalue weighted by molar-refractivity contribution is -0.0576. The van der Waals surface area contributed by atoms with Gasteiger partial charge in [-0.3, -0.25) is 4.90 Å². The fourth-order valence-corrected chi connectivity index (χ4v) is 2.25. The molecule has 0 amide bonds. The molecule has 1 heterocycles. The second-order valence-electron chi connectivity index (χ2n) is 5.82. The van der Waals surface area contributed by atoms with Crippen LogP contribution in [0.5, 0.6) is 0 Å². The molecular weight excluding hydrogens is 230 g/mol. The van der Waals surface area contributed by atoms with Crippen LogP contribution in [0.3, 0.4) is 0 Å². The van der Waals surface area contributed by atoms with Gasteiger partial charge in [0.05, 0.1) is 12.7 Å². The molecule has 3 N–H and O–H groups in total. The summed E-state index contributed by atoms with van der Waals surface area (Å²) < 4.78 is 5.68. The molecule has 18 heavy (non-hydrogen) atoms. The van der Waals surface area contributed by atoms with Gasteiger partial charge in [0.25, 0.3) is 0 Å². The van der Waals surface area contributed by atoms with E-state index in [1.54, 1.807) is 0 Å². The van der Waals surface area contributed by atoms with Crippen molar-refractivity contribution in [1.29, 1.82) is 0 Å². The maximum absolute atomic E-state index is 8.78. The molecule has 0 saturated carbocycles. The second-order valence-corrected chi connectivity index (χ2v) is 5.82. The minimum Gasteiger partial charge on any atom is -0.409 e. The van der Waals surface area contributed by atoms with Gasteiger partial charge in [-0.25, -0.2) is 0 Å². The van der Waals surface area contributed by atoms with Crippen LogP contribution in [0.25, 0.3) is 0 Å². The van der Waals surface area contributed by atoms with E-state index in [0.29, 0.717) is 18.0 Å². The van der Waals surface area contributed by atoms with Crippen molar-refractivity contribution in [2.75, 3.05) is 19.7 Å². The third kappa shape index (κ3) is 3.85. The van der Waals surface area contributed by atoms with Gasteiger partial charge < -0.3 is 15.7 Å². The van der Waals surface area contributed by atoms with E-state index >= 15 is 0 Å². The van der Waals surface area contributed by atoms with Crippen LogP contribution < -0.4 is 5.73 Å². The van der Waals surface area contributed by atoms with Crippen LogP contribution in [0, 0.1) is 5.41 Å². The first-order valence-electron chi connectivity index (χ1n) is 6.74. The summed E-state index contributed by atoms with van der Waals surface area (Å²) in [6.45, 7) is 11.0. The molecule has 1 aliphatic heterocycles. The zero-order chi connectivity index (χ0) is 13.8. The van der Waals surface area contributed by atoms with Crippen LogP contribution in [0.2, 0.25) is 0 Å². The Hall–Kier alpha value is -0.810. The van der Waals surface area contributed by atoms with E-state index in [1.165, 1.54) is 0 Å². The van der Waals surface area contributed by atoms with Crippen molar-refractivity contribution >= 4 is 5.84 Å². The van der Waals surface area contributed by atoms with Crippen LogP contribution in [-0.2, 0) is 4.74 Å². The summed E-state index contributed by atoms with van der Waals surface area (Å²) in [4.78, 5) is 2.46. The lowest BCUT2D eigenvalue weighted by atomic mass is 9.87. The van der Waals surface area contributed by atoms with E-state index in [0.717, 1.165) is 32.5 Å². The largest absolute Gasteiger partial charge is 0.409 e. The SMILES string of the molecule is CCC1COC(C)CN1CCC(C)(C)C(N)=NO. The number of hydrogen-bond acceptors (Lipinski definition) is 4. The quantitative estimate of drug-likeness (QED) is 0.340. The molecule has 2 atom stereocenters. The van der Waals surface area contributed by atoms with E-state index in [-0.39, 0.29) is 5.41 Å². The highest BCUT2D eigenvalue weighted by atomic mass is 16.5. The number of amidine groups is 1. The van der Waals surface area contributed by atoms with Crippen LogP contribution in [0.15, 0.2) is 5.16 Å². The van der Waals surface area contributed by atoms with Gasteiger partial charge in [0.2, 0.25) is 0 Å². The lowest BCUT2D eigenvalue weighted by Gasteiger charge is -2.39. The molecule has 0 aliphatic carbocycles. The average Bonchev–Trinajstić information content (AvgIpc) is 2.35. The van der Waals surface area contributed by atoms with Crippen molar-refractivity contribution in [3.8, 4) is 0 Å². The Balaban J connectivity index is 2.55. The molecule has 0 aromatic heterocycles. The minimum atomic E-state index is -0.269. The predicted molar refractivity (Wildman–Crippen MR) is 72.9 cm³/mol. The average molecular weight is 257 g/mol. The van der Waals surface area contributed by atoms with Gasteiger partial charge in [-0.2, -0.15) is 0 Å². The molecule has 1 fully saturated rings. The number of rotatable bonds is 5. The topological polar surface area (TPSA) is 71.1 Å².